The third kappa shape index (κ3) is 7.12. The number of hydrogen-bond donors (Lipinski definition) is 0. The highest BCUT2D eigenvalue weighted by Gasteiger charge is 2.16. The van der Waals surface area contributed by atoms with Crippen LogP contribution >= 0.6 is 27.7 Å². The number of ether oxygens (including phenoxy) is 4. The van der Waals surface area contributed by atoms with Crippen LogP contribution in [0.1, 0.15) is 22.3 Å². The second-order valence-corrected chi connectivity index (χ2v) is 6.61. The molecule has 0 amide bonds. The molecular weight excluding hydrogens is 384 g/mol. The number of esters is 1. The number of hydrogen-bond acceptors (Lipinski definition) is 6. The predicted molar refractivity (Wildman–Crippen MR) is 95.5 cm³/mol. The van der Waals surface area contributed by atoms with Gasteiger partial charge in [0.05, 0.1) is 27.4 Å². The molecule has 0 heterocycles. The van der Waals surface area contributed by atoms with E-state index >= 15 is 0 Å². The molecule has 1 aromatic carbocycles. The van der Waals surface area contributed by atoms with Gasteiger partial charge in [0.2, 0.25) is 0 Å². The Morgan fingerprint density at radius 3 is 2.61 bits per heavy atom. The number of halogens is 1. The smallest absolute Gasteiger partial charge is 0.341 e. The van der Waals surface area contributed by atoms with Crippen molar-refractivity contribution in [3.63, 3.8) is 0 Å². The molecule has 0 spiro atoms. The van der Waals surface area contributed by atoms with Crippen LogP contribution in [0.4, 0.5) is 0 Å². The van der Waals surface area contributed by atoms with Gasteiger partial charge in [-0.15, -0.1) is 0 Å². The molecule has 0 saturated heterocycles. The van der Waals surface area contributed by atoms with Gasteiger partial charge in [0, 0.05) is 23.9 Å². The van der Waals surface area contributed by atoms with Crippen LogP contribution in [0.2, 0.25) is 0 Å². The lowest BCUT2D eigenvalue weighted by Gasteiger charge is -2.11. The number of carbonyl (C=O) groups is 1. The van der Waals surface area contributed by atoms with Gasteiger partial charge in [0.15, 0.2) is 0 Å². The highest BCUT2D eigenvalue weighted by atomic mass is 79.9. The third-order valence-corrected chi connectivity index (χ3v) is 4.87. The van der Waals surface area contributed by atoms with Crippen molar-refractivity contribution in [1.82, 2.24) is 0 Å². The van der Waals surface area contributed by atoms with Crippen LogP contribution in [-0.2, 0) is 20.0 Å². The summed E-state index contributed by atoms with van der Waals surface area (Å²) in [6.45, 7) is 2.01. The van der Waals surface area contributed by atoms with Crippen LogP contribution in [0, 0.1) is 0 Å². The molecule has 0 saturated carbocycles. The van der Waals surface area contributed by atoms with E-state index < -0.39 is 5.97 Å². The summed E-state index contributed by atoms with van der Waals surface area (Å²) in [5.74, 6) is 1.95. The molecule has 0 aliphatic rings. The van der Waals surface area contributed by atoms with E-state index in [9.17, 15) is 4.79 Å². The molecule has 0 radical (unpaired) electrons. The van der Waals surface area contributed by atoms with Crippen LogP contribution in [0.3, 0.4) is 0 Å². The minimum atomic E-state index is -0.407. The summed E-state index contributed by atoms with van der Waals surface area (Å²) in [6.07, 6.45) is 0.989. The van der Waals surface area contributed by atoms with E-state index in [1.165, 1.54) is 7.11 Å². The Kier molecular flexibility index (Phi) is 10.3. The van der Waals surface area contributed by atoms with Gasteiger partial charge < -0.3 is 18.9 Å². The Morgan fingerprint density at radius 1 is 1.17 bits per heavy atom. The fraction of sp³-hybridized carbons (Fsp3) is 0.562. The predicted octanol–water partition coefficient (Wildman–Crippen LogP) is 3.53. The Labute approximate surface area is 150 Å². The number of thioether (sulfide) groups is 1. The van der Waals surface area contributed by atoms with Gasteiger partial charge in [-0.2, -0.15) is 11.8 Å². The van der Waals surface area contributed by atoms with Crippen molar-refractivity contribution in [3.05, 3.63) is 27.7 Å². The Morgan fingerprint density at radius 2 is 1.96 bits per heavy atom. The van der Waals surface area contributed by atoms with Crippen molar-refractivity contribution in [3.8, 4) is 5.75 Å². The van der Waals surface area contributed by atoms with E-state index in [-0.39, 0.29) is 0 Å². The van der Waals surface area contributed by atoms with E-state index in [0.29, 0.717) is 24.5 Å². The normalized spacial score (nSPS) is 10.6. The summed E-state index contributed by atoms with van der Waals surface area (Å²) in [7, 11) is 4.56. The molecule has 1 aromatic rings. The number of carbonyl (C=O) groups excluding carboxylic acids is 1. The number of rotatable bonds is 11. The summed E-state index contributed by atoms with van der Waals surface area (Å²) in [5, 5.41) is 0. The second kappa shape index (κ2) is 11.7. The van der Waals surface area contributed by atoms with E-state index in [0.717, 1.165) is 34.6 Å². The fourth-order valence-electron chi connectivity index (χ4n) is 1.83. The summed E-state index contributed by atoms with van der Waals surface area (Å²) in [6, 6.07) is 3.62. The molecule has 1 rings (SSSR count). The summed E-state index contributed by atoms with van der Waals surface area (Å²) in [4.78, 5) is 11.7. The zero-order chi connectivity index (χ0) is 17.1. The largest absolute Gasteiger partial charge is 0.496 e. The van der Waals surface area contributed by atoms with Gasteiger partial charge >= 0.3 is 5.97 Å². The van der Waals surface area contributed by atoms with Crippen molar-refractivity contribution < 1.29 is 23.7 Å². The van der Waals surface area contributed by atoms with Crippen LogP contribution in [0.15, 0.2) is 16.6 Å². The van der Waals surface area contributed by atoms with Crippen LogP contribution in [0.5, 0.6) is 5.75 Å². The van der Waals surface area contributed by atoms with Crippen molar-refractivity contribution >= 4 is 33.7 Å². The fourth-order valence-corrected chi connectivity index (χ4v) is 3.43. The van der Waals surface area contributed by atoms with Crippen molar-refractivity contribution in [1.29, 1.82) is 0 Å². The standard InChI is InChI=1S/C16H23BrO5S/c1-19-6-7-22-5-4-8-23-11-12-9-15(20-2)13(10-14(12)17)16(18)21-3/h9-10H,4-8,11H2,1-3H3. The van der Waals surface area contributed by atoms with E-state index in [2.05, 4.69) is 15.9 Å². The van der Waals surface area contributed by atoms with Crippen molar-refractivity contribution in [2.45, 2.75) is 12.2 Å². The van der Waals surface area contributed by atoms with E-state index in [4.69, 9.17) is 18.9 Å². The van der Waals surface area contributed by atoms with Crippen LogP contribution in [0.25, 0.3) is 0 Å². The molecule has 0 bridgehead atoms. The SMILES string of the molecule is COCCOCCCSCc1cc(OC)c(C(=O)OC)cc1Br. The Bertz CT molecular complexity index is 496. The number of methoxy groups -OCH3 is 3. The molecule has 5 nitrogen and oxygen atoms in total. The molecule has 0 N–H and O–H groups in total. The molecule has 0 aromatic heterocycles. The zero-order valence-electron chi connectivity index (χ0n) is 13.7. The summed E-state index contributed by atoms with van der Waals surface area (Å²) in [5.41, 5.74) is 1.50. The molecule has 0 unspecified atom stereocenters. The molecule has 0 atom stereocenters. The number of benzene rings is 1. The molecule has 7 heteroatoms. The maximum absolute atomic E-state index is 11.7. The molecule has 23 heavy (non-hydrogen) atoms. The molecule has 0 fully saturated rings. The maximum atomic E-state index is 11.7. The monoisotopic (exact) mass is 406 g/mol. The lowest BCUT2D eigenvalue weighted by atomic mass is 10.1. The first kappa shape index (κ1) is 20.3. The Balaban J connectivity index is 2.46. The van der Waals surface area contributed by atoms with Gasteiger partial charge in [-0.3, -0.25) is 0 Å². The van der Waals surface area contributed by atoms with E-state index in [1.54, 1.807) is 20.3 Å². The van der Waals surface area contributed by atoms with Crippen molar-refractivity contribution in [2.24, 2.45) is 0 Å². The van der Waals surface area contributed by atoms with Crippen LogP contribution < -0.4 is 4.74 Å². The molecule has 0 aliphatic heterocycles. The van der Waals surface area contributed by atoms with Gasteiger partial charge in [0.25, 0.3) is 0 Å². The second-order valence-electron chi connectivity index (χ2n) is 4.65. The van der Waals surface area contributed by atoms with Crippen molar-refractivity contribution in [2.75, 3.05) is 46.9 Å². The van der Waals surface area contributed by atoms with Gasteiger partial charge in [-0.25, -0.2) is 4.79 Å². The highest BCUT2D eigenvalue weighted by Crippen LogP contribution is 2.30. The molecular formula is C16H23BrO5S. The molecule has 0 aliphatic carbocycles. The maximum Gasteiger partial charge on any atom is 0.341 e. The molecule has 130 valence electrons. The topological polar surface area (TPSA) is 54.0 Å². The zero-order valence-corrected chi connectivity index (χ0v) is 16.1. The Hall–Kier alpha value is -0.760. The minimum absolute atomic E-state index is 0.407. The van der Waals surface area contributed by atoms with Gasteiger partial charge in [-0.1, -0.05) is 15.9 Å². The lowest BCUT2D eigenvalue weighted by Crippen LogP contribution is -2.05. The average Bonchev–Trinajstić information content (AvgIpc) is 2.57. The first-order valence-electron chi connectivity index (χ1n) is 7.23. The van der Waals surface area contributed by atoms with Gasteiger partial charge in [-0.05, 0) is 29.9 Å². The summed E-state index contributed by atoms with van der Waals surface area (Å²) >= 11 is 5.31. The quantitative estimate of drug-likeness (QED) is 0.413. The van der Waals surface area contributed by atoms with Gasteiger partial charge in [0.1, 0.15) is 11.3 Å². The van der Waals surface area contributed by atoms with Crippen LogP contribution in [-0.4, -0.2) is 52.9 Å². The van der Waals surface area contributed by atoms with E-state index in [1.807, 2.05) is 17.8 Å². The minimum Gasteiger partial charge on any atom is -0.496 e. The summed E-state index contributed by atoms with van der Waals surface area (Å²) < 4.78 is 21.3. The first-order valence-corrected chi connectivity index (χ1v) is 9.18. The highest BCUT2D eigenvalue weighted by molar-refractivity contribution is 9.10. The average molecular weight is 407 g/mol. The lowest BCUT2D eigenvalue weighted by molar-refractivity contribution is 0.0597. The third-order valence-electron chi connectivity index (χ3n) is 3.04. The first-order chi connectivity index (χ1) is 11.1.